The Labute approximate surface area is 136 Å². The molecular formula is C17H15F3N2O2. The average Bonchev–Trinajstić information content (AvgIpc) is 2.84. The molecule has 4 nitrogen and oxygen atoms in total. The number of hydrogen-bond donors (Lipinski definition) is 0. The van der Waals surface area contributed by atoms with Gasteiger partial charge < -0.3 is 9.47 Å². The molecule has 2 aromatic rings. The molecule has 24 heavy (non-hydrogen) atoms. The SMILES string of the molecule is C[C@@H]1Cc2ccccc2N1C(=O)Cn1cc(C(F)(F)F)ccc1=O. The first-order valence-electron chi connectivity index (χ1n) is 7.45. The lowest BCUT2D eigenvalue weighted by atomic mass is 10.1. The summed E-state index contributed by atoms with van der Waals surface area (Å²) in [5, 5.41) is 0. The van der Waals surface area contributed by atoms with E-state index in [1.807, 2.05) is 19.1 Å². The molecule has 1 atom stereocenters. The molecule has 1 amide bonds. The predicted octanol–water partition coefficient (Wildman–Crippen LogP) is 2.84. The maximum atomic E-state index is 12.8. The number of halogens is 3. The van der Waals surface area contributed by atoms with Gasteiger partial charge in [-0.3, -0.25) is 9.59 Å². The fraction of sp³-hybridized carbons (Fsp3) is 0.294. The molecular weight excluding hydrogens is 321 g/mol. The zero-order chi connectivity index (χ0) is 17.5. The smallest absolute Gasteiger partial charge is 0.307 e. The molecule has 0 saturated carbocycles. The number of amides is 1. The van der Waals surface area contributed by atoms with Crippen LogP contribution in [0.2, 0.25) is 0 Å². The number of alkyl halides is 3. The fourth-order valence-electron chi connectivity index (χ4n) is 2.99. The summed E-state index contributed by atoms with van der Waals surface area (Å²) in [7, 11) is 0. The molecule has 0 fully saturated rings. The summed E-state index contributed by atoms with van der Waals surface area (Å²) >= 11 is 0. The van der Waals surface area contributed by atoms with Crippen molar-refractivity contribution in [3.05, 3.63) is 64.1 Å². The van der Waals surface area contributed by atoms with Crippen LogP contribution in [0, 0.1) is 0 Å². The summed E-state index contributed by atoms with van der Waals surface area (Å²) in [6, 6.07) is 8.83. The first-order chi connectivity index (χ1) is 11.3. The van der Waals surface area contributed by atoms with Crippen molar-refractivity contribution in [2.24, 2.45) is 0 Å². The van der Waals surface area contributed by atoms with Gasteiger partial charge in [-0.05, 0) is 31.0 Å². The second-order valence-corrected chi connectivity index (χ2v) is 5.83. The number of nitrogens with zero attached hydrogens (tertiary/aromatic N) is 2. The molecule has 1 aromatic carbocycles. The highest BCUT2D eigenvalue weighted by molar-refractivity contribution is 5.96. The Morgan fingerprint density at radius 3 is 2.62 bits per heavy atom. The van der Waals surface area contributed by atoms with Crippen molar-refractivity contribution in [1.29, 1.82) is 0 Å². The summed E-state index contributed by atoms with van der Waals surface area (Å²) < 4.78 is 39.2. The monoisotopic (exact) mass is 336 g/mol. The van der Waals surface area contributed by atoms with Gasteiger partial charge in [-0.2, -0.15) is 13.2 Å². The standard InChI is InChI=1S/C17H15F3N2O2/c1-11-8-12-4-2-3-5-14(12)22(11)16(24)10-21-9-13(17(18,19)20)6-7-15(21)23/h2-7,9,11H,8,10H2,1H3/t11-/m1/s1. The summed E-state index contributed by atoms with van der Waals surface area (Å²) in [4.78, 5) is 25.9. The minimum absolute atomic E-state index is 0.101. The van der Waals surface area contributed by atoms with Crippen LogP contribution < -0.4 is 10.5 Å². The molecule has 0 aliphatic carbocycles. The Hall–Kier alpha value is -2.57. The number of carbonyl (C=O) groups excluding carboxylic acids is 1. The normalized spacial score (nSPS) is 17.0. The average molecular weight is 336 g/mol. The third-order valence-electron chi connectivity index (χ3n) is 4.09. The molecule has 1 aliphatic rings. The van der Waals surface area contributed by atoms with Crippen LogP contribution in [0.15, 0.2) is 47.4 Å². The molecule has 126 valence electrons. The summed E-state index contributed by atoms with van der Waals surface area (Å²) in [6.07, 6.45) is -3.20. The Morgan fingerprint density at radius 1 is 1.21 bits per heavy atom. The lowest BCUT2D eigenvalue weighted by molar-refractivity contribution is -0.138. The first-order valence-corrected chi connectivity index (χ1v) is 7.45. The van der Waals surface area contributed by atoms with Crippen molar-refractivity contribution >= 4 is 11.6 Å². The van der Waals surface area contributed by atoms with E-state index in [0.717, 1.165) is 28.0 Å². The highest BCUT2D eigenvalue weighted by atomic mass is 19.4. The number of benzene rings is 1. The zero-order valence-electron chi connectivity index (χ0n) is 12.9. The van der Waals surface area contributed by atoms with Gasteiger partial charge in [0.2, 0.25) is 5.91 Å². The van der Waals surface area contributed by atoms with E-state index in [2.05, 4.69) is 0 Å². The molecule has 1 aromatic heterocycles. The van der Waals surface area contributed by atoms with E-state index in [1.165, 1.54) is 0 Å². The van der Waals surface area contributed by atoms with Gasteiger partial charge in [-0.1, -0.05) is 18.2 Å². The number of pyridine rings is 1. The van der Waals surface area contributed by atoms with Gasteiger partial charge in [0.25, 0.3) is 5.56 Å². The van der Waals surface area contributed by atoms with Gasteiger partial charge in [-0.25, -0.2) is 0 Å². The number of para-hydroxylation sites is 1. The molecule has 1 aliphatic heterocycles. The molecule has 0 unspecified atom stereocenters. The van der Waals surface area contributed by atoms with E-state index in [1.54, 1.807) is 17.0 Å². The summed E-state index contributed by atoms with van der Waals surface area (Å²) in [5.74, 6) is -0.408. The van der Waals surface area contributed by atoms with E-state index in [4.69, 9.17) is 0 Å². The second kappa shape index (κ2) is 5.81. The maximum absolute atomic E-state index is 12.8. The Balaban J connectivity index is 1.90. The van der Waals surface area contributed by atoms with Gasteiger partial charge in [0, 0.05) is 24.0 Å². The highest BCUT2D eigenvalue weighted by Crippen LogP contribution is 2.32. The van der Waals surface area contributed by atoms with E-state index in [-0.39, 0.29) is 6.04 Å². The number of fused-ring (bicyclic) bond motifs is 1. The van der Waals surface area contributed by atoms with Crippen LogP contribution in [0.1, 0.15) is 18.1 Å². The van der Waals surface area contributed by atoms with Crippen molar-refractivity contribution in [3.63, 3.8) is 0 Å². The lowest BCUT2D eigenvalue weighted by Gasteiger charge is -2.23. The maximum Gasteiger partial charge on any atom is 0.417 e. The quantitative estimate of drug-likeness (QED) is 0.846. The largest absolute Gasteiger partial charge is 0.417 e. The van der Waals surface area contributed by atoms with Gasteiger partial charge in [0.05, 0.1) is 5.56 Å². The molecule has 0 spiro atoms. The van der Waals surface area contributed by atoms with Gasteiger partial charge in [0.15, 0.2) is 0 Å². The van der Waals surface area contributed by atoms with E-state index < -0.39 is 29.8 Å². The van der Waals surface area contributed by atoms with Crippen molar-refractivity contribution in [1.82, 2.24) is 4.57 Å². The Kier molecular flexibility index (Phi) is 3.95. The van der Waals surface area contributed by atoms with Crippen molar-refractivity contribution in [2.75, 3.05) is 4.90 Å². The van der Waals surface area contributed by atoms with Gasteiger partial charge >= 0.3 is 6.18 Å². The van der Waals surface area contributed by atoms with E-state index >= 15 is 0 Å². The molecule has 2 heterocycles. The second-order valence-electron chi connectivity index (χ2n) is 5.83. The van der Waals surface area contributed by atoms with E-state index in [9.17, 15) is 22.8 Å². The van der Waals surface area contributed by atoms with Crippen LogP contribution in [0.5, 0.6) is 0 Å². The summed E-state index contributed by atoms with van der Waals surface area (Å²) in [5.41, 5.74) is 0.158. The number of carbonyl (C=O) groups is 1. The summed E-state index contributed by atoms with van der Waals surface area (Å²) in [6.45, 7) is 1.44. The van der Waals surface area contributed by atoms with Crippen molar-refractivity contribution in [3.8, 4) is 0 Å². The van der Waals surface area contributed by atoms with Crippen LogP contribution in [0.4, 0.5) is 18.9 Å². The molecule has 0 saturated heterocycles. The molecule has 7 heteroatoms. The third-order valence-corrected chi connectivity index (χ3v) is 4.09. The fourth-order valence-corrected chi connectivity index (χ4v) is 2.99. The number of hydrogen-bond acceptors (Lipinski definition) is 2. The Bertz CT molecular complexity index is 842. The number of aromatic nitrogens is 1. The minimum atomic E-state index is -4.56. The minimum Gasteiger partial charge on any atom is -0.307 e. The van der Waals surface area contributed by atoms with Gasteiger partial charge in [0.1, 0.15) is 6.54 Å². The van der Waals surface area contributed by atoms with Crippen molar-refractivity contribution < 1.29 is 18.0 Å². The molecule has 0 N–H and O–H groups in total. The molecule has 0 bridgehead atoms. The molecule has 0 radical (unpaired) electrons. The lowest BCUT2D eigenvalue weighted by Crippen LogP contribution is -2.40. The van der Waals surface area contributed by atoms with Crippen molar-refractivity contribution in [2.45, 2.75) is 32.1 Å². The van der Waals surface area contributed by atoms with Crippen LogP contribution in [0.25, 0.3) is 0 Å². The predicted molar refractivity (Wildman–Crippen MR) is 82.8 cm³/mol. The number of rotatable bonds is 2. The highest BCUT2D eigenvalue weighted by Gasteiger charge is 2.33. The first kappa shape index (κ1) is 16.3. The van der Waals surface area contributed by atoms with Crippen LogP contribution in [-0.2, 0) is 23.9 Å². The molecule has 3 rings (SSSR count). The topological polar surface area (TPSA) is 42.3 Å². The van der Waals surface area contributed by atoms with Crippen LogP contribution in [-0.4, -0.2) is 16.5 Å². The van der Waals surface area contributed by atoms with Gasteiger partial charge in [-0.15, -0.1) is 0 Å². The zero-order valence-corrected chi connectivity index (χ0v) is 12.9. The third kappa shape index (κ3) is 2.93. The van der Waals surface area contributed by atoms with E-state index in [0.29, 0.717) is 12.6 Å². The Morgan fingerprint density at radius 2 is 1.92 bits per heavy atom. The van der Waals surface area contributed by atoms with Crippen LogP contribution >= 0.6 is 0 Å². The number of anilines is 1. The van der Waals surface area contributed by atoms with Crippen LogP contribution in [0.3, 0.4) is 0 Å².